The van der Waals surface area contributed by atoms with Crippen LogP contribution in [0.25, 0.3) is 12.2 Å². The van der Waals surface area contributed by atoms with E-state index in [0.717, 1.165) is 5.56 Å². The highest BCUT2D eigenvalue weighted by Crippen LogP contribution is 2.40. The Bertz CT molecular complexity index is 1300. The van der Waals surface area contributed by atoms with Crippen molar-refractivity contribution in [2.45, 2.75) is 6.54 Å². The zero-order valence-electron chi connectivity index (χ0n) is 21.7. The maximum atomic E-state index is 13.7. The van der Waals surface area contributed by atoms with Crippen LogP contribution in [0.1, 0.15) is 16.7 Å². The van der Waals surface area contributed by atoms with Gasteiger partial charge >= 0.3 is 0 Å². The lowest BCUT2D eigenvalue weighted by Crippen LogP contribution is -2.37. The van der Waals surface area contributed by atoms with E-state index in [-0.39, 0.29) is 5.78 Å². The maximum Gasteiger partial charge on any atom is 0.187 e. The zero-order valence-corrected chi connectivity index (χ0v) is 23.2. The van der Waals surface area contributed by atoms with E-state index in [2.05, 4.69) is 17.0 Å². The van der Waals surface area contributed by atoms with Crippen molar-refractivity contribution in [3.8, 4) is 23.0 Å². The predicted octanol–water partition coefficient (Wildman–Crippen LogP) is 6.58. The van der Waals surface area contributed by atoms with E-state index in [1.807, 2.05) is 42.5 Å². The predicted molar refractivity (Wildman–Crippen MR) is 152 cm³/mol. The van der Waals surface area contributed by atoms with E-state index in [1.165, 1.54) is 14.2 Å². The molecule has 6 nitrogen and oxygen atoms in total. The quantitative estimate of drug-likeness (QED) is 0.293. The summed E-state index contributed by atoms with van der Waals surface area (Å²) >= 11 is 13.3. The number of methoxy groups -OCH3 is 4. The van der Waals surface area contributed by atoms with Gasteiger partial charge in [0.15, 0.2) is 28.8 Å². The van der Waals surface area contributed by atoms with E-state index in [4.69, 9.17) is 42.1 Å². The summed E-state index contributed by atoms with van der Waals surface area (Å²) in [6.07, 6.45) is 3.63. The molecular formula is C30H29Cl2NO5. The molecule has 0 aromatic heterocycles. The summed E-state index contributed by atoms with van der Waals surface area (Å²) in [4.78, 5) is 16.0. The number of piperidine rings is 1. The van der Waals surface area contributed by atoms with Gasteiger partial charge in [0.1, 0.15) is 0 Å². The van der Waals surface area contributed by atoms with Gasteiger partial charge < -0.3 is 18.9 Å². The lowest BCUT2D eigenvalue weighted by atomic mass is 9.93. The number of rotatable bonds is 8. The fourth-order valence-electron chi connectivity index (χ4n) is 4.47. The third-order valence-electron chi connectivity index (χ3n) is 6.31. The summed E-state index contributed by atoms with van der Waals surface area (Å²) < 4.78 is 21.6. The molecule has 0 atom stereocenters. The normalized spacial score (nSPS) is 16.1. The van der Waals surface area contributed by atoms with Crippen LogP contribution < -0.4 is 18.9 Å². The average molecular weight is 554 g/mol. The maximum absolute atomic E-state index is 13.7. The first-order valence-corrected chi connectivity index (χ1v) is 12.7. The molecule has 8 heteroatoms. The standard InChI is InChI=1S/C30H29Cl2NO5/c1-35-24-12-10-20(26(31)29(24)37-3)14-22-17-33(16-19-8-6-5-7-9-19)18-23(28(22)34)15-21-11-13-25(36-2)30(38-4)27(21)32/h5-15H,16-18H2,1-4H3. The molecule has 1 saturated heterocycles. The SMILES string of the molecule is COc1ccc(C=C2CN(Cc3ccccc3)CC(=Cc3ccc(OC)c(OC)c3Cl)C2=O)c(Cl)c1OC. The Morgan fingerprint density at radius 1 is 0.711 bits per heavy atom. The second-order valence-electron chi connectivity index (χ2n) is 8.71. The van der Waals surface area contributed by atoms with Crippen LogP contribution in [0.15, 0.2) is 65.7 Å². The number of likely N-dealkylation sites (tertiary alicyclic amines) is 1. The topological polar surface area (TPSA) is 57.2 Å². The largest absolute Gasteiger partial charge is 0.493 e. The molecule has 0 amide bonds. The van der Waals surface area contributed by atoms with Gasteiger partial charge in [-0.2, -0.15) is 0 Å². The number of ketones is 1. The van der Waals surface area contributed by atoms with Crippen LogP contribution >= 0.6 is 23.2 Å². The number of benzene rings is 3. The minimum absolute atomic E-state index is 0.0778. The second-order valence-corrected chi connectivity index (χ2v) is 9.46. The number of carbonyl (C=O) groups excluding carboxylic acids is 1. The molecule has 0 spiro atoms. The third kappa shape index (κ3) is 5.83. The smallest absolute Gasteiger partial charge is 0.187 e. The van der Waals surface area contributed by atoms with Crippen molar-refractivity contribution in [1.82, 2.24) is 4.90 Å². The van der Waals surface area contributed by atoms with Gasteiger partial charge in [0.05, 0.1) is 38.5 Å². The van der Waals surface area contributed by atoms with Crippen molar-refractivity contribution in [2.75, 3.05) is 41.5 Å². The Morgan fingerprint density at radius 2 is 1.18 bits per heavy atom. The van der Waals surface area contributed by atoms with Gasteiger partial charge in [-0.1, -0.05) is 53.5 Å². The molecule has 1 fully saturated rings. The first kappa shape index (κ1) is 27.6. The number of hydrogen-bond acceptors (Lipinski definition) is 6. The molecule has 3 aromatic carbocycles. The van der Waals surface area contributed by atoms with Gasteiger partial charge in [-0.3, -0.25) is 9.69 Å². The lowest BCUT2D eigenvalue weighted by molar-refractivity contribution is -0.113. The highest BCUT2D eigenvalue weighted by Gasteiger charge is 2.27. The Balaban J connectivity index is 1.78. The molecule has 1 aliphatic heterocycles. The molecule has 0 bridgehead atoms. The Morgan fingerprint density at radius 3 is 1.61 bits per heavy atom. The van der Waals surface area contributed by atoms with Crippen LogP contribution in [0.2, 0.25) is 10.0 Å². The number of nitrogens with zero attached hydrogens (tertiary/aromatic N) is 1. The van der Waals surface area contributed by atoms with E-state index >= 15 is 0 Å². The van der Waals surface area contributed by atoms with E-state index in [9.17, 15) is 4.79 Å². The molecular weight excluding hydrogens is 525 g/mol. The van der Waals surface area contributed by atoms with Crippen LogP contribution in [0, 0.1) is 0 Å². The molecule has 198 valence electrons. The molecule has 1 aliphatic rings. The van der Waals surface area contributed by atoms with Crippen LogP contribution in [-0.4, -0.2) is 52.2 Å². The summed E-state index contributed by atoms with van der Waals surface area (Å²) in [6, 6.07) is 17.3. The summed E-state index contributed by atoms with van der Waals surface area (Å²) in [5.74, 6) is 1.79. The number of Topliss-reactive ketones (excluding diaryl/α,β-unsaturated/α-hetero) is 1. The minimum atomic E-state index is -0.0778. The van der Waals surface area contributed by atoms with E-state index in [1.54, 1.807) is 26.4 Å². The Kier molecular flexibility index (Phi) is 9.00. The monoisotopic (exact) mass is 553 g/mol. The first-order valence-electron chi connectivity index (χ1n) is 11.9. The van der Waals surface area contributed by atoms with Crippen LogP contribution in [0.3, 0.4) is 0 Å². The van der Waals surface area contributed by atoms with E-state index in [0.29, 0.717) is 75.0 Å². The van der Waals surface area contributed by atoms with Gasteiger partial charge in [-0.15, -0.1) is 0 Å². The average Bonchev–Trinajstić information content (AvgIpc) is 2.93. The van der Waals surface area contributed by atoms with E-state index < -0.39 is 0 Å². The van der Waals surface area contributed by atoms with Crippen molar-refractivity contribution in [1.29, 1.82) is 0 Å². The number of carbonyl (C=O) groups is 1. The fraction of sp³-hybridized carbons (Fsp3) is 0.233. The zero-order chi connectivity index (χ0) is 27.2. The molecule has 3 aromatic rings. The molecule has 4 rings (SSSR count). The van der Waals surface area contributed by atoms with Gasteiger partial charge in [0.25, 0.3) is 0 Å². The fourth-order valence-corrected chi connectivity index (χ4v) is 5.05. The molecule has 0 aliphatic carbocycles. The minimum Gasteiger partial charge on any atom is -0.493 e. The molecule has 1 heterocycles. The van der Waals surface area contributed by atoms with Crippen LogP contribution in [0.4, 0.5) is 0 Å². The second kappa shape index (κ2) is 12.4. The Hall–Kier alpha value is -3.45. The number of ether oxygens (including phenoxy) is 4. The summed E-state index contributed by atoms with van der Waals surface area (Å²) in [6.45, 7) is 1.58. The molecule has 0 saturated carbocycles. The number of hydrogen-bond donors (Lipinski definition) is 0. The van der Waals surface area contributed by atoms with Crippen molar-refractivity contribution >= 4 is 41.1 Å². The molecule has 0 unspecified atom stereocenters. The van der Waals surface area contributed by atoms with Crippen molar-refractivity contribution in [3.05, 3.63) is 92.5 Å². The van der Waals surface area contributed by atoms with Crippen LogP contribution in [-0.2, 0) is 11.3 Å². The van der Waals surface area contributed by atoms with Gasteiger partial charge in [-0.25, -0.2) is 0 Å². The molecule has 38 heavy (non-hydrogen) atoms. The molecule has 0 radical (unpaired) electrons. The summed E-state index contributed by atoms with van der Waals surface area (Å²) in [5, 5.41) is 0.751. The number of halogens is 2. The Labute approximate surface area is 233 Å². The summed E-state index contributed by atoms with van der Waals surface area (Å²) in [5.41, 5.74) is 3.68. The van der Waals surface area contributed by atoms with Crippen molar-refractivity contribution in [3.63, 3.8) is 0 Å². The van der Waals surface area contributed by atoms with Gasteiger partial charge in [-0.05, 0) is 53.1 Å². The molecule has 0 N–H and O–H groups in total. The van der Waals surface area contributed by atoms with Crippen molar-refractivity contribution < 1.29 is 23.7 Å². The van der Waals surface area contributed by atoms with Crippen LogP contribution in [0.5, 0.6) is 23.0 Å². The highest BCUT2D eigenvalue weighted by atomic mass is 35.5. The highest BCUT2D eigenvalue weighted by molar-refractivity contribution is 6.34. The summed E-state index contributed by atoms with van der Waals surface area (Å²) in [7, 11) is 6.16. The lowest BCUT2D eigenvalue weighted by Gasteiger charge is -2.30. The first-order chi connectivity index (χ1) is 18.4. The van der Waals surface area contributed by atoms with Gasteiger partial charge in [0, 0.05) is 30.8 Å². The van der Waals surface area contributed by atoms with Gasteiger partial charge in [0.2, 0.25) is 0 Å². The van der Waals surface area contributed by atoms with Crippen molar-refractivity contribution in [2.24, 2.45) is 0 Å². The third-order valence-corrected chi connectivity index (χ3v) is 7.09.